The fourth-order valence-electron chi connectivity index (χ4n) is 2.48. The van der Waals surface area contributed by atoms with E-state index < -0.39 is 23.5 Å². The highest BCUT2D eigenvalue weighted by Crippen LogP contribution is 2.31. The Balaban J connectivity index is 1.62. The van der Waals surface area contributed by atoms with E-state index in [1.54, 1.807) is 12.1 Å². The minimum Gasteiger partial charge on any atom is -0.354 e. The van der Waals surface area contributed by atoms with Crippen LogP contribution in [0.3, 0.4) is 0 Å². The number of halogens is 4. The minimum atomic E-state index is -4.43. The number of aromatic nitrogens is 1. The maximum absolute atomic E-state index is 13.6. The van der Waals surface area contributed by atoms with Crippen molar-refractivity contribution in [3.63, 3.8) is 0 Å². The van der Waals surface area contributed by atoms with Crippen molar-refractivity contribution in [3.05, 3.63) is 83.8 Å². The zero-order chi connectivity index (χ0) is 20.1. The van der Waals surface area contributed by atoms with Crippen molar-refractivity contribution in [2.45, 2.75) is 12.6 Å². The van der Waals surface area contributed by atoms with Gasteiger partial charge in [-0.15, -0.1) is 0 Å². The van der Waals surface area contributed by atoms with Gasteiger partial charge in [0.15, 0.2) is 0 Å². The lowest BCUT2D eigenvalue weighted by molar-refractivity contribution is -0.137. The molecule has 2 N–H and O–H groups in total. The average Bonchev–Trinajstić information content (AvgIpc) is 2.65. The van der Waals surface area contributed by atoms with Crippen molar-refractivity contribution < 1.29 is 22.4 Å². The zero-order valence-corrected chi connectivity index (χ0v) is 14.4. The summed E-state index contributed by atoms with van der Waals surface area (Å²) < 4.78 is 51.9. The third kappa shape index (κ3) is 5.06. The summed E-state index contributed by atoms with van der Waals surface area (Å²) in [6.07, 6.45) is -3.19. The minimum absolute atomic E-state index is 0.140. The molecule has 1 heterocycles. The summed E-state index contributed by atoms with van der Waals surface area (Å²) in [5, 5.41) is 5.36. The Morgan fingerprint density at radius 2 is 1.75 bits per heavy atom. The molecule has 0 aliphatic heterocycles. The predicted molar refractivity (Wildman–Crippen MR) is 97.7 cm³/mol. The molecule has 0 bridgehead atoms. The third-order valence-corrected chi connectivity index (χ3v) is 3.82. The summed E-state index contributed by atoms with van der Waals surface area (Å²) in [4.78, 5) is 16.0. The summed E-state index contributed by atoms with van der Waals surface area (Å²) in [5.41, 5.74) is 0.213. The summed E-state index contributed by atoms with van der Waals surface area (Å²) in [6, 6.07) is 13.8. The van der Waals surface area contributed by atoms with Gasteiger partial charge in [-0.25, -0.2) is 9.37 Å². The van der Waals surface area contributed by atoms with Crippen LogP contribution in [0.15, 0.2) is 66.9 Å². The van der Waals surface area contributed by atoms with Gasteiger partial charge in [0.25, 0.3) is 0 Å². The zero-order valence-electron chi connectivity index (χ0n) is 14.4. The lowest BCUT2D eigenvalue weighted by Gasteiger charge is -2.11. The monoisotopic (exact) mass is 389 g/mol. The van der Waals surface area contributed by atoms with E-state index in [9.17, 15) is 22.4 Å². The molecule has 28 heavy (non-hydrogen) atoms. The number of alkyl halides is 3. The second-order valence-electron chi connectivity index (χ2n) is 5.95. The molecule has 3 aromatic rings. The molecule has 0 unspecified atom stereocenters. The number of nitrogens with one attached hydrogen (secondary N) is 2. The lowest BCUT2D eigenvalue weighted by atomic mass is 10.1. The first-order chi connectivity index (χ1) is 13.3. The lowest BCUT2D eigenvalue weighted by Crippen LogP contribution is -2.16. The van der Waals surface area contributed by atoms with E-state index in [-0.39, 0.29) is 23.5 Å². The van der Waals surface area contributed by atoms with Crippen LogP contribution >= 0.6 is 0 Å². The maximum atomic E-state index is 13.6. The highest BCUT2D eigenvalue weighted by molar-refractivity contribution is 5.91. The van der Waals surface area contributed by atoms with Crippen LogP contribution in [-0.2, 0) is 17.4 Å². The molecule has 2 aromatic carbocycles. The van der Waals surface area contributed by atoms with Gasteiger partial charge in [0, 0.05) is 5.69 Å². The van der Waals surface area contributed by atoms with E-state index in [1.165, 1.54) is 42.6 Å². The number of carbonyl (C=O) groups is 1. The molecule has 0 saturated heterocycles. The molecular weight excluding hydrogens is 374 g/mol. The van der Waals surface area contributed by atoms with E-state index in [0.717, 1.165) is 12.1 Å². The van der Waals surface area contributed by atoms with Crippen LogP contribution in [-0.4, -0.2) is 10.9 Å². The molecule has 0 atom stereocenters. The number of rotatable bonds is 5. The maximum Gasteiger partial charge on any atom is 0.416 e. The Morgan fingerprint density at radius 3 is 2.43 bits per heavy atom. The van der Waals surface area contributed by atoms with E-state index in [0.29, 0.717) is 5.69 Å². The fourth-order valence-corrected chi connectivity index (χ4v) is 2.48. The number of hydrogen-bond donors (Lipinski definition) is 2. The largest absolute Gasteiger partial charge is 0.416 e. The Bertz CT molecular complexity index is 972. The summed E-state index contributed by atoms with van der Waals surface area (Å²) in [7, 11) is 0. The quantitative estimate of drug-likeness (QED) is 0.593. The highest BCUT2D eigenvalue weighted by Gasteiger charge is 2.30. The first-order valence-corrected chi connectivity index (χ1v) is 8.25. The van der Waals surface area contributed by atoms with E-state index in [4.69, 9.17) is 0 Å². The van der Waals surface area contributed by atoms with Gasteiger partial charge < -0.3 is 10.6 Å². The third-order valence-electron chi connectivity index (χ3n) is 3.82. The van der Waals surface area contributed by atoms with Gasteiger partial charge in [-0.2, -0.15) is 13.2 Å². The molecule has 8 heteroatoms. The van der Waals surface area contributed by atoms with E-state index in [1.807, 2.05) is 0 Å². The Morgan fingerprint density at radius 1 is 0.964 bits per heavy atom. The summed E-state index contributed by atoms with van der Waals surface area (Å²) in [6.45, 7) is 0. The van der Waals surface area contributed by atoms with Crippen LogP contribution in [0.2, 0.25) is 0 Å². The van der Waals surface area contributed by atoms with Crippen molar-refractivity contribution in [3.8, 4) is 0 Å². The number of carbonyl (C=O) groups excluding carboxylic acids is 1. The Labute approximate surface area is 158 Å². The van der Waals surface area contributed by atoms with Crippen molar-refractivity contribution >= 4 is 23.1 Å². The molecule has 0 aliphatic carbocycles. The SMILES string of the molecule is O=C(Cc1ccccc1F)Nc1ccc(Nc2cccc(C(F)(F)F)c2)cn1. The van der Waals surface area contributed by atoms with Gasteiger partial charge in [-0.1, -0.05) is 24.3 Å². The molecule has 1 amide bonds. The number of anilines is 3. The number of amides is 1. The van der Waals surface area contributed by atoms with Crippen molar-refractivity contribution in [2.24, 2.45) is 0 Å². The molecule has 0 saturated carbocycles. The van der Waals surface area contributed by atoms with Crippen LogP contribution in [0.5, 0.6) is 0 Å². The Hall–Kier alpha value is -3.42. The molecule has 144 valence electrons. The van der Waals surface area contributed by atoms with Gasteiger partial charge in [0.2, 0.25) is 5.91 Å². The molecule has 1 aromatic heterocycles. The van der Waals surface area contributed by atoms with Gasteiger partial charge in [0.05, 0.1) is 23.9 Å². The van der Waals surface area contributed by atoms with Crippen molar-refractivity contribution in [2.75, 3.05) is 10.6 Å². The Kier molecular flexibility index (Phi) is 5.58. The summed E-state index contributed by atoms with van der Waals surface area (Å²) >= 11 is 0. The predicted octanol–water partition coefficient (Wildman–Crippen LogP) is 5.16. The second-order valence-corrected chi connectivity index (χ2v) is 5.95. The molecule has 3 rings (SSSR count). The van der Waals surface area contributed by atoms with E-state index in [2.05, 4.69) is 15.6 Å². The standard InChI is InChI=1S/C20H15F4N3O/c21-17-7-2-1-4-13(17)10-19(28)27-18-9-8-16(12-25-18)26-15-6-3-5-14(11-15)20(22,23)24/h1-9,11-12,26H,10H2,(H,25,27,28). The first-order valence-electron chi connectivity index (χ1n) is 8.25. The fraction of sp³-hybridized carbons (Fsp3) is 0.100. The topological polar surface area (TPSA) is 54.0 Å². The molecule has 0 fully saturated rings. The number of nitrogens with zero attached hydrogens (tertiary/aromatic N) is 1. The second kappa shape index (κ2) is 8.08. The molecule has 0 aliphatic rings. The highest BCUT2D eigenvalue weighted by atomic mass is 19.4. The van der Waals surface area contributed by atoms with Gasteiger partial charge >= 0.3 is 6.18 Å². The number of pyridine rings is 1. The van der Waals surface area contributed by atoms with Crippen LogP contribution in [0.1, 0.15) is 11.1 Å². The van der Waals surface area contributed by atoms with Gasteiger partial charge in [0.1, 0.15) is 11.6 Å². The normalized spacial score (nSPS) is 11.1. The molecule has 4 nitrogen and oxygen atoms in total. The molecule has 0 radical (unpaired) electrons. The number of hydrogen-bond acceptors (Lipinski definition) is 3. The average molecular weight is 389 g/mol. The first kappa shape index (κ1) is 19.3. The smallest absolute Gasteiger partial charge is 0.354 e. The van der Waals surface area contributed by atoms with Crippen LogP contribution in [0.25, 0.3) is 0 Å². The molecular formula is C20H15F4N3O. The van der Waals surface area contributed by atoms with Gasteiger partial charge in [-0.05, 0) is 42.0 Å². The van der Waals surface area contributed by atoms with Crippen LogP contribution in [0, 0.1) is 5.82 Å². The van der Waals surface area contributed by atoms with Crippen molar-refractivity contribution in [1.82, 2.24) is 4.98 Å². The van der Waals surface area contributed by atoms with Gasteiger partial charge in [-0.3, -0.25) is 4.79 Å². The van der Waals surface area contributed by atoms with E-state index >= 15 is 0 Å². The molecule has 0 spiro atoms. The van der Waals surface area contributed by atoms with Crippen molar-refractivity contribution in [1.29, 1.82) is 0 Å². The number of benzene rings is 2. The summed E-state index contributed by atoms with van der Waals surface area (Å²) in [5.74, 6) is -0.654. The van der Waals surface area contributed by atoms with Crippen LogP contribution < -0.4 is 10.6 Å². The van der Waals surface area contributed by atoms with Crippen LogP contribution in [0.4, 0.5) is 34.8 Å².